The molecule has 0 radical (unpaired) electrons. The minimum atomic E-state index is -5.04. The van der Waals surface area contributed by atoms with Crippen LogP contribution in [0, 0.1) is 0 Å². The minimum Gasteiger partial charge on any atom is -0.257 e. The van der Waals surface area contributed by atoms with E-state index in [1.165, 1.54) is 13.8 Å². The summed E-state index contributed by atoms with van der Waals surface area (Å²) in [7, 11) is -3.28. The summed E-state index contributed by atoms with van der Waals surface area (Å²) in [5.74, 6) is 0. The lowest BCUT2D eigenvalue weighted by molar-refractivity contribution is -0.373. The number of hydrogen-bond acceptors (Lipinski definition) is 5. The third-order valence-electron chi connectivity index (χ3n) is 1.60. The number of ether oxygens (including phenoxy) is 2. The monoisotopic (exact) mass is 333 g/mol. The summed E-state index contributed by atoms with van der Waals surface area (Å²) in [6, 6.07) is 0. The lowest BCUT2D eigenvalue weighted by Gasteiger charge is -2.14. The molecule has 5 nitrogen and oxygen atoms in total. The van der Waals surface area contributed by atoms with E-state index in [-0.39, 0.29) is 12.8 Å². The molecule has 0 aromatic carbocycles. The molecule has 0 aromatic heterocycles. The molecule has 0 aliphatic heterocycles. The highest BCUT2D eigenvalue weighted by atomic mass is 31.1. The Morgan fingerprint density at radius 2 is 1.15 bits per heavy atom. The zero-order valence-electron chi connectivity index (χ0n) is 10.3. The van der Waals surface area contributed by atoms with Gasteiger partial charge in [0.05, 0.1) is 0 Å². The van der Waals surface area contributed by atoms with Gasteiger partial charge in [-0.25, -0.2) is 0 Å². The Morgan fingerprint density at radius 1 is 0.850 bits per heavy atom. The molecule has 0 saturated carbocycles. The smallest absolute Gasteiger partial charge is 0.257 e. The Bertz CT molecular complexity index is 279. The van der Waals surface area contributed by atoms with Gasteiger partial charge in [-0.1, -0.05) is 22.9 Å². The number of rotatable bonds is 8. The van der Waals surface area contributed by atoms with Crippen molar-refractivity contribution in [1.82, 2.24) is 0 Å². The molecule has 0 saturated heterocycles. The maximum absolute atomic E-state index is 11.9. The Labute approximate surface area is 111 Å². The molecule has 0 heterocycles. The fourth-order valence-corrected chi connectivity index (χ4v) is 1.69. The average molecular weight is 333 g/mol. The van der Waals surface area contributed by atoms with Crippen molar-refractivity contribution in [3.05, 3.63) is 0 Å². The third kappa shape index (κ3) is 10.3. The van der Waals surface area contributed by atoms with Crippen molar-refractivity contribution in [3.63, 3.8) is 0 Å². The summed E-state index contributed by atoms with van der Waals surface area (Å²) in [5, 5.41) is 0. The molecular weight excluding hydrogens is 321 g/mol. The lowest BCUT2D eigenvalue weighted by Crippen LogP contribution is -2.26. The van der Waals surface area contributed by atoms with E-state index in [1.807, 2.05) is 0 Å². The molecule has 12 heteroatoms. The second-order valence-corrected chi connectivity index (χ2v) is 4.11. The van der Waals surface area contributed by atoms with Gasteiger partial charge in [-0.05, 0) is 0 Å². The van der Waals surface area contributed by atoms with Crippen molar-refractivity contribution < 1.29 is 49.4 Å². The number of halogens is 6. The van der Waals surface area contributed by atoms with Crippen LogP contribution in [-0.2, 0) is 23.1 Å². The first-order valence-corrected chi connectivity index (χ1v) is 6.36. The number of alkyl halides is 6. The Morgan fingerprint density at radius 3 is 1.35 bits per heavy atom. The van der Waals surface area contributed by atoms with Crippen LogP contribution in [0.25, 0.3) is 0 Å². The Balaban J connectivity index is 4.37. The van der Waals surface area contributed by atoms with Crippen LogP contribution in [0.4, 0.5) is 26.3 Å². The first-order chi connectivity index (χ1) is 8.96. The molecule has 0 spiro atoms. The summed E-state index contributed by atoms with van der Waals surface area (Å²) in [4.78, 5) is 0. The molecule has 20 heavy (non-hydrogen) atoms. The van der Waals surface area contributed by atoms with Crippen LogP contribution in [0.5, 0.6) is 0 Å². The van der Waals surface area contributed by atoms with Crippen LogP contribution in [0.2, 0.25) is 0 Å². The molecule has 2 atom stereocenters. The van der Waals surface area contributed by atoms with Gasteiger partial charge in [-0.2, -0.15) is 0 Å². The molecule has 0 aliphatic rings. The van der Waals surface area contributed by atoms with Crippen molar-refractivity contribution in [2.75, 3.05) is 0 Å². The second-order valence-electron chi connectivity index (χ2n) is 3.24. The van der Waals surface area contributed by atoms with Gasteiger partial charge in [0.1, 0.15) is 0 Å². The van der Waals surface area contributed by atoms with Gasteiger partial charge in [-0.15, -0.1) is 26.3 Å². The first-order valence-electron chi connectivity index (χ1n) is 5.26. The largest absolute Gasteiger partial charge is 0.702 e. The third-order valence-corrected chi connectivity index (χ3v) is 2.42. The SMILES string of the molecule is CCC(O[P+](=O)OC(CC)OC(F)(F)F)OC(F)(F)F. The molecule has 0 rings (SSSR count). The van der Waals surface area contributed by atoms with Crippen molar-refractivity contribution in [2.45, 2.75) is 52.0 Å². The minimum absolute atomic E-state index is 0.346. The molecular formula is C8H12F6O5P+. The lowest BCUT2D eigenvalue weighted by atomic mass is 10.5. The number of hydrogen-bond donors (Lipinski definition) is 0. The van der Waals surface area contributed by atoms with E-state index in [0.29, 0.717) is 0 Å². The van der Waals surface area contributed by atoms with Gasteiger partial charge >= 0.3 is 21.0 Å². The predicted octanol–water partition coefficient (Wildman–Crippen LogP) is 4.22. The van der Waals surface area contributed by atoms with Crippen molar-refractivity contribution >= 4 is 8.25 Å². The van der Waals surface area contributed by atoms with Gasteiger partial charge in [-0.3, -0.25) is 9.47 Å². The van der Waals surface area contributed by atoms with Crippen LogP contribution in [-0.4, -0.2) is 25.3 Å². The van der Waals surface area contributed by atoms with Crippen LogP contribution in [0.3, 0.4) is 0 Å². The van der Waals surface area contributed by atoms with Crippen LogP contribution in [0.15, 0.2) is 0 Å². The van der Waals surface area contributed by atoms with Crippen molar-refractivity contribution in [1.29, 1.82) is 0 Å². The maximum atomic E-state index is 11.9. The normalized spacial score (nSPS) is 16.9. The summed E-state index contributed by atoms with van der Waals surface area (Å²) in [6.07, 6.45) is -14.7. The van der Waals surface area contributed by atoms with Gasteiger partial charge in [0.15, 0.2) is 0 Å². The van der Waals surface area contributed by atoms with Crippen LogP contribution in [0.1, 0.15) is 26.7 Å². The molecule has 0 bridgehead atoms. The van der Waals surface area contributed by atoms with Gasteiger partial charge < -0.3 is 0 Å². The fourth-order valence-electron chi connectivity index (χ4n) is 0.874. The first kappa shape index (κ1) is 19.5. The molecule has 0 aliphatic carbocycles. The standard InChI is InChI=1S/C8H12F6O5P/c1-3-5(16-7(9,10)11)18-20(15)19-6(4-2)17-8(12,13)14/h5-6H,3-4H2,1-2H3/q+1. The quantitative estimate of drug-likeness (QED) is 0.378. The maximum Gasteiger partial charge on any atom is 0.702 e. The van der Waals surface area contributed by atoms with E-state index in [4.69, 9.17) is 0 Å². The van der Waals surface area contributed by atoms with Gasteiger partial charge in [0.25, 0.3) is 0 Å². The van der Waals surface area contributed by atoms with E-state index in [9.17, 15) is 30.9 Å². The van der Waals surface area contributed by atoms with Gasteiger partial charge in [0.2, 0.25) is 12.6 Å². The molecule has 2 unspecified atom stereocenters. The highest BCUT2D eigenvalue weighted by molar-refractivity contribution is 7.33. The summed E-state index contributed by atoms with van der Waals surface area (Å²) >= 11 is 0. The molecule has 0 fully saturated rings. The molecule has 0 amide bonds. The molecule has 0 N–H and O–H groups in total. The second kappa shape index (κ2) is 8.08. The van der Waals surface area contributed by atoms with Gasteiger partial charge in [0, 0.05) is 17.4 Å². The fraction of sp³-hybridized carbons (Fsp3) is 1.00. The highest BCUT2D eigenvalue weighted by Gasteiger charge is 2.42. The van der Waals surface area contributed by atoms with Crippen LogP contribution < -0.4 is 0 Å². The highest BCUT2D eigenvalue weighted by Crippen LogP contribution is 2.34. The Kier molecular flexibility index (Phi) is 7.89. The summed E-state index contributed by atoms with van der Waals surface area (Å²) < 4.78 is 97.7. The Hall–Kier alpha value is -0.480. The van der Waals surface area contributed by atoms with E-state index >= 15 is 0 Å². The average Bonchev–Trinajstić information content (AvgIpc) is 2.23. The summed E-state index contributed by atoms with van der Waals surface area (Å²) in [5.41, 5.74) is 0. The topological polar surface area (TPSA) is 54.0 Å². The zero-order chi connectivity index (χ0) is 16.0. The zero-order valence-corrected chi connectivity index (χ0v) is 11.2. The summed E-state index contributed by atoms with van der Waals surface area (Å²) in [6.45, 7) is 2.45. The molecule has 120 valence electrons. The van der Waals surface area contributed by atoms with E-state index < -0.39 is 33.6 Å². The van der Waals surface area contributed by atoms with Crippen LogP contribution >= 0.6 is 8.25 Å². The van der Waals surface area contributed by atoms with E-state index in [0.717, 1.165) is 0 Å². The van der Waals surface area contributed by atoms with Crippen molar-refractivity contribution in [2.24, 2.45) is 0 Å². The predicted molar refractivity (Wildman–Crippen MR) is 52.2 cm³/mol. The van der Waals surface area contributed by atoms with E-state index in [2.05, 4.69) is 18.5 Å². The van der Waals surface area contributed by atoms with Crippen molar-refractivity contribution in [3.8, 4) is 0 Å². The molecule has 0 aromatic rings. The van der Waals surface area contributed by atoms with E-state index in [1.54, 1.807) is 0 Å².